The lowest BCUT2D eigenvalue weighted by Crippen LogP contribution is -2.37. The Balaban J connectivity index is 2.42. The number of rotatable bonds is 3. The Labute approximate surface area is 94.1 Å². The van der Waals surface area contributed by atoms with Gasteiger partial charge >= 0.3 is 0 Å². The molecule has 0 spiro atoms. The first-order valence-corrected chi connectivity index (χ1v) is 5.79. The van der Waals surface area contributed by atoms with Crippen LogP contribution in [0.5, 0.6) is 0 Å². The molecular formula is C11H17NO2S. The average molecular weight is 227 g/mol. The Morgan fingerprint density at radius 3 is 2.73 bits per heavy atom. The van der Waals surface area contributed by atoms with E-state index in [2.05, 4.69) is 5.32 Å². The highest BCUT2D eigenvalue weighted by Gasteiger charge is 2.21. The van der Waals surface area contributed by atoms with E-state index in [4.69, 9.17) is 0 Å². The fourth-order valence-corrected chi connectivity index (χ4v) is 1.75. The number of thiophene rings is 1. The van der Waals surface area contributed by atoms with Crippen LogP contribution in [0.25, 0.3) is 0 Å². The summed E-state index contributed by atoms with van der Waals surface area (Å²) in [7, 11) is 0. The Morgan fingerprint density at radius 2 is 2.27 bits per heavy atom. The van der Waals surface area contributed by atoms with E-state index >= 15 is 0 Å². The molecule has 0 unspecified atom stereocenters. The lowest BCUT2D eigenvalue weighted by Gasteiger charge is -2.19. The standard InChI is InChI=1S/C11H17NO2S/c1-11(2,3)10(14)12-7-8(13)9-5-4-6-15-9/h4-6,8,13H,7H2,1-3H3,(H,12,14)/t8-/m0/s1. The topological polar surface area (TPSA) is 49.3 Å². The van der Waals surface area contributed by atoms with E-state index in [0.29, 0.717) is 0 Å². The first kappa shape index (κ1) is 12.2. The third-order valence-corrected chi connectivity index (χ3v) is 2.98. The summed E-state index contributed by atoms with van der Waals surface area (Å²) < 4.78 is 0. The zero-order chi connectivity index (χ0) is 11.5. The number of amides is 1. The highest BCUT2D eigenvalue weighted by Crippen LogP contribution is 2.18. The van der Waals surface area contributed by atoms with E-state index in [-0.39, 0.29) is 12.5 Å². The van der Waals surface area contributed by atoms with Crippen LogP contribution in [-0.4, -0.2) is 17.6 Å². The molecule has 0 fully saturated rings. The fourth-order valence-electron chi connectivity index (χ4n) is 1.04. The lowest BCUT2D eigenvalue weighted by molar-refractivity contribution is -0.128. The maximum absolute atomic E-state index is 11.5. The maximum atomic E-state index is 11.5. The van der Waals surface area contributed by atoms with Gasteiger partial charge in [-0.1, -0.05) is 26.8 Å². The van der Waals surface area contributed by atoms with Crippen molar-refractivity contribution < 1.29 is 9.90 Å². The Kier molecular flexibility index (Phi) is 3.88. The first-order chi connectivity index (χ1) is 6.91. The molecule has 4 heteroatoms. The summed E-state index contributed by atoms with van der Waals surface area (Å²) in [5.41, 5.74) is -0.408. The number of nitrogens with one attached hydrogen (secondary N) is 1. The van der Waals surface area contributed by atoms with Crippen LogP contribution in [0.2, 0.25) is 0 Å². The minimum Gasteiger partial charge on any atom is -0.386 e. The molecule has 0 aliphatic carbocycles. The quantitative estimate of drug-likeness (QED) is 0.829. The zero-order valence-corrected chi connectivity index (χ0v) is 10.1. The van der Waals surface area contributed by atoms with Crippen molar-refractivity contribution in [3.8, 4) is 0 Å². The second kappa shape index (κ2) is 4.77. The van der Waals surface area contributed by atoms with Gasteiger partial charge in [-0.3, -0.25) is 4.79 Å². The summed E-state index contributed by atoms with van der Waals surface area (Å²) in [6.07, 6.45) is -0.601. The van der Waals surface area contributed by atoms with Crippen LogP contribution in [-0.2, 0) is 4.79 Å². The van der Waals surface area contributed by atoms with E-state index < -0.39 is 11.5 Å². The molecule has 0 radical (unpaired) electrons. The summed E-state index contributed by atoms with van der Waals surface area (Å²) in [4.78, 5) is 12.4. The van der Waals surface area contributed by atoms with E-state index in [1.165, 1.54) is 11.3 Å². The summed E-state index contributed by atoms with van der Waals surface area (Å²) in [6.45, 7) is 5.82. The van der Waals surface area contributed by atoms with Gasteiger partial charge in [-0.25, -0.2) is 0 Å². The van der Waals surface area contributed by atoms with Gasteiger partial charge in [-0.2, -0.15) is 0 Å². The van der Waals surface area contributed by atoms with Crippen LogP contribution in [0.1, 0.15) is 31.8 Å². The van der Waals surface area contributed by atoms with Crippen LogP contribution in [0.3, 0.4) is 0 Å². The molecule has 0 saturated carbocycles. The van der Waals surface area contributed by atoms with E-state index in [1.54, 1.807) is 0 Å². The number of aliphatic hydroxyl groups excluding tert-OH is 1. The summed E-state index contributed by atoms with van der Waals surface area (Å²) in [5, 5.41) is 14.4. The molecule has 0 bridgehead atoms. The molecule has 1 aromatic rings. The van der Waals surface area contributed by atoms with Gasteiger partial charge in [-0.15, -0.1) is 11.3 Å². The highest BCUT2D eigenvalue weighted by atomic mass is 32.1. The van der Waals surface area contributed by atoms with Crippen LogP contribution >= 0.6 is 11.3 Å². The van der Waals surface area contributed by atoms with Gasteiger partial charge in [0.1, 0.15) is 6.10 Å². The molecule has 1 amide bonds. The van der Waals surface area contributed by atoms with Crippen LogP contribution in [0.15, 0.2) is 17.5 Å². The summed E-state index contributed by atoms with van der Waals surface area (Å²) in [5.74, 6) is -0.0434. The molecule has 0 aromatic carbocycles. The van der Waals surface area contributed by atoms with Gasteiger partial charge in [0, 0.05) is 16.8 Å². The zero-order valence-electron chi connectivity index (χ0n) is 9.28. The Morgan fingerprint density at radius 1 is 1.60 bits per heavy atom. The molecule has 3 nitrogen and oxygen atoms in total. The molecular weight excluding hydrogens is 210 g/mol. The minimum absolute atomic E-state index is 0.0434. The highest BCUT2D eigenvalue weighted by molar-refractivity contribution is 7.10. The minimum atomic E-state index is -0.601. The van der Waals surface area contributed by atoms with Crippen molar-refractivity contribution >= 4 is 17.2 Å². The van der Waals surface area contributed by atoms with Gasteiger partial charge in [0.05, 0.1) is 0 Å². The van der Waals surface area contributed by atoms with Crippen LogP contribution < -0.4 is 5.32 Å². The third kappa shape index (κ3) is 3.64. The molecule has 0 aliphatic heterocycles. The van der Waals surface area contributed by atoms with Gasteiger partial charge in [-0.05, 0) is 11.4 Å². The molecule has 84 valence electrons. The monoisotopic (exact) mass is 227 g/mol. The lowest BCUT2D eigenvalue weighted by atomic mass is 9.96. The molecule has 1 rings (SSSR count). The van der Waals surface area contributed by atoms with Gasteiger partial charge < -0.3 is 10.4 Å². The molecule has 15 heavy (non-hydrogen) atoms. The molecule has 1 atom stereocenters. The smallest absolute Gasteiger partial charge is 0.225 e. The van der Waals surface area contributed by atoms with Gasteiger partial charge in [0.15, 0.2) is 0 Å². The van der Waals surface area contributed by atoms with E-state index in [0.717, 1.165) is 4.88 Å². The number of hydrogen-bond acceptors (Lipinski definition) is 3. The fraction of sp³-hybridized carbons (Fsp3) is 0.545. The van der Waals surface area contributed by atoms with Crippen LogP contribution in [0.4, 0.5) is 0 Å². The normalized spacial score (nSPS) is 13.6. The second-order valence-electron chi connectivity index (χ2n) is 4.49. The number of hydrogen-bond donors (Lipinski definition) is 2. The summed E-state index contributed by atoms with van der Waals surface area (Å²) >= 11 is 1.49. The second-order valence-corrected chi connectivity index (χ2v) is 5.47. The molecule has 0 aliphatic rings. The van der Waals surface area contributed by atoms with Crippen molar-refractivity contribution in [2.45, 2.75) is 26.9 Å². The van der Waals surface area contributed by atoms with Crippen molar-refractivity contribution in [3.63, 3.8) is 0 Å². The summed E-state index contributed by atoms with van der Waals surface area (Å²) in [6, 6.07) is 3.74. The number of carbonyl (C=O) groups excluding carboxylic acids is 1. The van der Waals surface area contributed by atoms with E-state index in [9.17, 15) is 9.90 Å². The van der Waals surface area contributed by atoms with Crippen molar-refractivity contribution in [1.82, 2.24) is 5.32 Å². The van der Waals surface area contributed by atoms with E-state index in [1.807, 2.05) is 38.3 Å². The molecule has 1 aromatic heterocycles. The Hall–Kier alpha value is -0.870. The predicted octanol–water partition coefficient (Wildman–Crippen LogP) is 1.94. The maximum Gasteiger partial charge on any atom is 0.225 e. The van der Waals surface area contributed by atoms with Crippen molar-refractivity contribution in [1.29, 1.82) is 0 Å². The van der Waals surface area contributed by atoms with Crippen molar-refractivity contribution in [2.75, 3.05) is 6.54 Å². The Bertz CT molecular complexity index is 314. The largest absolute Gasteiger partial charge is 0.386 e. The average Bonchev–Trinajstić information content (AvgIpc) is 2.64. The van der Waals surface area contributed by atoms with Gasteiger partial charge in [0.2, 0.25) is 5.91 Å². The molecule has 2 N–H and O–H groups in total. The predicted molar refractivity (Wildman–Crippen MR) is 61.7 cm³/mol. The van der Waals surface area contributed by atoms with Crippen molar-refractivity contribution in [2.24, 2.45) is 5.41 Å². The third-order valence-electron chi connectivity index (χ3n) is 2.01. The molecule has 0 saturated heterocycles. The number of carbonyl (C=O) groups is 1. The van der Waals surface area contributed by atoms with Gasteiger partial charge in [0.25, 0.3) is 0 Å². The first-order valence-electron chi connectivity index (χ1n) is 4.91. The number of aliphatic hydroxyl groups is 1. The SMILES string of the molecule is CC(C)(C)C(=O)NC[C@H](O)c1cccs1. The van der Waals surface area contributed by atoms with Crippen molar-refractivity contribution in [3.05, 3.63) is 22.4 Å². The van der Waals surface area contributed by atoms with Crippen LogP contribution in [0, 0.1) is 5.41 Å². The molecule has 1 heterocycles.